The summed E-state index contributed by atoms with van der Waals surface area (Å²) in [5, 5.41) is 14.5. The van der Waals surface area contributed by atoms with Gasteiger partial charge in [0.05, 0.1) is 0 Å². The van der Waals surface area contributed by atoms with Crippen LogP contribution in [0.3, 0.4) is 0 Å². The third-order valence-corrected chi connectivity index (χ3v) is 6.60. The van der Waals surface area contributed by atoms with Crippen molar-refractivity contribution in [3.8, 4) is 0 Å². The maximum atomic E-state index is 13.3. The van der Waals surface area contributed by atoms with E-state index < -0.39 is 53.6 Å². The summed E-state index contributed by atoms with van der Waals surface area (Å²) in [5.41, 5.74) is 0.542. The number of carbonyl (C=O) groups is 5. The third kappa shape index (κ3) is 3.65. The van der Waals surface area contributed by atoms with Crippen LogP contribution >= 0.6 is 45.2 Å². The molecule has 0 saturated carbocycles. The number of carboxylic acids is 1. The Labute approximate surface area is 209 Å². The highest BCUT2D eigenvalue weighted by atomic mass is 127. The van der Waals surface area contributed by atoms with Crippen LogP contribution in [0.15, 0.2) is 48.5 Å². The topological polar surface area (TPSA) is 127 Å². The lowest BCUT2D eigenvalue weighted by Crippen LogP contribution is -2.72. The largest absolute Gasteiger partial charge is 0.542 e. The number of amides is 6. The maximum absolute atomic E-state index is 13.3. The molecular weight excluding hydrogens is 646 g/mol. The molecule has 2 aliphatic rings. The summed E-state index contributed by atoms with van der Waals surface area (Å²) < 4.78 is 0.360. The smallest absolute Gasteiger partial charge is 0.430 e. The van der Waals surface area contributed by atoms with Gasteiger partial charge in [-0.25, -0.2) is 19.8 Å². The molecule has 0 spiro atoms. The van der Waals surface area contributed by atoms with Gasteiger partial charge in [0, 0.05) is 18.9 Å². The van der Waals surface area contributed by atoms with Crippen molar-refractivity contribution < 1.29 is 29.1 Å². The molecule has 2 atom stereocenters. The highest BCUT2D eigenvalue weighted by Crippen LogP contribution is 2.35. The fourth-order valence-electron chi connectivity index (χ4n) is 3.91. The third-order valence-electron chi connectivity index (χ3n) is 5.26. The van der Waals surface area contributed by atoms with Gasteiger partial charge in [-0.05, 0) is 75.5 Å². The van der Waals surface area contributed by atoms with Gasteiger partial charge in [-0.3, -0.25) is 14.5 Å². The molecule has 2 heterocycles. The lowest BCUT2D eigenvalue weighted by Gasteiger charge is -2.40. The first kappa shape index (κ1) is 22.6. The van der Waals surface area contributed by atoms with E-state index in [2.05, 4.69) is 5.32 Å². The molecule has 2 saturated heterocycles. The summed E-state index contributed by atoms with van der Waals surface area (Å²) in [6.45, 7) is -1.01. The van der Waals surface area contributed by atoms with Crippen molar-refractivity contribution in [3.63, 3.8) is 0 Å². The van der Waals surface area contributed by atoms with Gasteiger partial charge < -0.3 is 9.90 Å². The van der Waals surface area contributed by atoms with Gasteiger partial charge in [0.1, 0.15) is 18.2 Å². The standard InChI is InChI=1S/C20H14I2N4O6/c21-11-3-1-5-13(7-11)24-9-16(28)25(20(24)32)17(18(29)30)26(10-15(27)23-19(26)31)14-6-2-4-12(22)8-14/h1-8,17H,9-10H2,(H-,23,27,29,30,31). The number of benzene rings is 2. The Bertz CT molecular complexity index is 1190. The average molecular weight is 660 g/mol. The number of hydrogen-bond acceptors (Lipinski definition) is 6. The normalized spacial score (nSPS) is 21.8. The summed E-state index contributed by atoms with van der Waals surface area (Å²) >= 11 is 4.02. The van der Waals surface area contributed by atoms with E-state index in [9.17, 15) is 29.1 Å². The van der Waals surface area contributed by atoms with Gasteiger partial charge in [-0.2, -0.15) is 4.48 Å². The van der Waals surface area contributed by atoms with Crippen molar-refractivity contribution in [2.45, 2.75) is 6.17 Å². The number of nitrogens with zero attached hydrogens (tertiary/aromatic N) is 3. The molecule has 32 heavy (non-hydrogen) atoms. The zero-order chi connectivity index (χ0) is 23.2. The van der Waals surface area contributed by atoms with Gasteiger partial charge in [0.2, 0.25) is 6.17 Å². The number of aliphatic carboxylic acids is 1. The van der Waals surface area contributed by atoms with E-state index in [-0.39, 0.29) is 5.69 Å². The van der Waals surface area contributed by atoms with Gasteiger partial charge in [-0.1, -0.05) is 12.1 Å². The molecule has 12 heteroatoms. The Kier molecular flexibility index (Phi) is 5.93. The first-order chi connectivity index (χ1) is 15.1. The van der Waals surface area contributed by atoms with Gasteiger partial charge in [0.15, 0.2) is 6.54 Å². The van der Waals surface area contributed by atoms with Crippen LogP contribution in [0.25, 0.3) is 0 Å². The van der Waals surface area contributed by atoms with E-state index in [1.165, 1.54) is 12.1 Å². The first-order valence-electron chi connectivity index (χ1n) is 9.23. The summed E-state index contributed by atoms with van der Waals surface area (Å²) in [5.74, 6) is -3.38. The van der Waals surface area contributed by atoms with E-state index in [4.69, 9.17) is 0 Å². The summed E-state index contributed by atoms with van der Waals surface area (Å²) in [6, 6.07) is 11.2. The van der Waals surface area contributed by atoms with Crippen LogP contribution in [-0.4, -0.2) is 54.0 Å². The minimum atomic E-state index is -2.08. The van der Waals surface area contributed by atoms with Crippen LogP contribution in [0.5, 0.6) is 0 Å². The number of rotatable bonds is 5. The minimum Gasteiger partial charge on any atom is -0.542 e. The second-order valence-corrected chi connectivity index (χ2v) is 9.66. The summed E-state index contributed by atoms with van der Waals surface area (Å²) in [6.07, 6.45) is -2.08. The molecule has 4 rings (SSSR count). The fourth-order valence-corrected chi connectivity index (χ4v) is 4.97. The van der Waals surface area contributed by atoms with E-state index in [1.54, 1.807) is 36.4 Å². The fraction of sp³-hybridized carbons (Fsp3) is 0.150. The van der Waals surface area contributed by atoms with Crippen LogP contribution in [0.1, 0.15) is 0 Å². The molecule has 6 amide bonds. The zero-order valence-electron chi connectivity index (χ0n) is 16.2. The molecule has 164 valence electrons. The Morgan fingerprint density at radius 3 is 2.25 bits per heavy atom. The number of anilines is 1. The molecule has 2 aliphatic heterocycles. The zero-order valence-corrected chi connectivity index (χ0v) is 20.5. The lowest BCUT2D eigenvalue weighted by atomic mass is 10.2. The SMILES string of the molecule is O=C1C[N+](c2cccc(I)c2)(C(C(=O)[O-])N2C(=O)CN(c3cccc(I)c3)C2=O)C(=O)N1. The number of urea groups is 2. The van der Waals surface area contributed by atoms with Crippen LogP contribution in [0, 0.1) is 7.14 Å². The molecule has 0 bridgehead atoms. The van der Waals surface area contributed by atoms with Crippen molar-refractivity contribution in [2.24, 2.45) is 0 Å². The second-order valence-electron chi connectivity index (χ2n) is 7.17. The number of nitrogens with one attached hydrogen (secondary N) is 1. The number of imide groups is 2. The lowest BCUT2D eigenvalue weighted by molar-refractivity contribution is -0.314. The number of hydrogen-bond donors (Lipinski definition) is 1. The van der Waals surface area contributed by atoms with Gasteiger partial charge >= 0.3 is 12.1 Å². The van der Waals surface area contributed by atoms with E-state index >= 15 is 0 Å². The highest BCUT2D eigenvalue weighted by molar-refractivity contribution is 14.1. The molecule has 1 N–H and O–H groups in total. The molecule has 0 aliphatic carbocycles. The minimum absolute atomic E-state index is 0.141. The van der Waals surface area contributed by atoms with E-state index in [1.807, 2.05) is 45.2 Å². The second kappa shape index (κ2) is 8.40. The monoisotopic (exact) mass is 660 g/mol. The highest BCUT2D eigenvalue weighted by Gasteiger charge is 2.60. The van der Waals surface area contributed by atoms with Crippen LogP contribution in [0.4, 0.5) is 21.0 Å². The number of halogens is 2. The summed E-state index contributed by atoms with van der Waals surface area (Å²) in [7, 11) is 0. The Morgan fingerprint density at radius 2 is 1.69 bits per heavy atom. The average Bonchev–Trinajstić information content (AvgIpc) is 3.18. The van der Waals surface area contributed by atoms with Crippen molar-refractivity contribution in [1.29, 1.82) is 0 Å². The Hall–Kier alpha value is -2.59. The molecule has 2 aromatic rings. The van der Waals surface area contributed by atoms with E-state index in [0.717, 1.165) is 8.47 Å². The van der Waals surface area contributed by atoms with Crippen LogP contribution in [-0.2, 0) is 14.4 Å². The number of quaternary nitrogens is 1. The van der Waals surface area contributed by atoms with Crippen LogP contribution < -0.4 is 19.8 Å². The quantitative estimate of drug-likeness (QED) is 0.290. The Morgan fingerprint density at radius 1 is 1.03 bits per heavy atom. The molecule has 2 fully saturated rings. The number of carboxylic acid groups (broad SMARTS) is 1. The summed E-state index contributed by atoms with van der Waals surface area (Å²) in [4.78, 5) is 65.4. The molecule has 2 unspecified atom stereocenters. The van der Waals surface area contributed by atoms with Crippen molar-refractivity contribution >= 4 is 86.4 Å². The molecular formula is C20H14I2N4O6. The van der Waals surface area contributed by atoms with Crippen molar-refractivity contribution in [1.82, 2.24) is 14.7 Å². The van der Waals surface area contributed by atoms with Crippen LogP contribution in [0.2, 0.25) is 0 Å². The van der Waals surface area contributed by atoms with Crippen molar-refractivity contribution in [3.05, 3.63) is 55.7 Å². The maximum Gasteiger partial charge on any atom is 0.430 e. The first-order valence-corrected chi connectivity index (χ1v) is 11.4. The predicted molar refractivity (Wildman–Crippen MR) is 127 cm³/mol. The molecule has 0 aromatic heterocycles. The number of carbonyl (C=O) groups excluding carboxylic acids is 5. The molecule has 10 nitrogen and oxygen atoms in total. The van der Waals surface area contributed by atoms with Gasteiger partial charge in [0.25, 0.3) is 11.8 Å². The van der Waals surface area contributed by atoms with Gasteiger partial charge in [-0.15, -0.1) is 0 Å². The molecule has 0 radical (unpaired) electrons. The Balaban J connectivity index is 1.85. The molecule has 2 aromatic carbocycles. The van der Waals surface area contributed by atoms with E-state index in [0.29, 0.717) is 14.2 Å². The predicted octanol–water partition coefficient (Wildman–Crippen LogP) is 0.998. The van der Waals surface area contributed by atoms with Crippen molar-refractivity contribution in [2.75, 3.05) is 18.0 Å².